The molecule has 2 aliphatic heterocycles. The summed E-state index contributed by atoms with van der Waals surface area (Å²) in [5.74, 6) is 2.46. The molecule has 2 aliphatic rings. The maximum absolute atomic E-state index is 13.2. The van der Waals surface area contributed by atoms with Crippen LogP contribution in [0.4, 0.5) is 5.69 Å². The molecule has 1 fully saturated rings. The number of aryl methyl sites for hydroxylation is 1. The van der Waals surface area contributed by atoms with Crippen LogP contribution in [0.15, 0.2) is 59.7 Å². The summed E-state index contributed by atoms with van der Waals surface area (Å²) in [5, 5.41) is 8.51. The van der Waals surface area contributed by atoms with Gasteiger partial charge in [0.15, 0.2) is 5.82 Å². The smallest absolute Gasteiger partial charge is 0.322 e. The van der Waals surface area contributed by atoms with Crippen molar-refractivity contribution in [1.29, 1.82) is 0 Å². The molecule has 1 atom stereocenters. The van der Waals surface area contributed by atoms with E-state index in [-0.39, 0.29) is 4.90 Å². The first-order chi connectivity index (χ1) is 18.2. The Bertz CT molecular complexity index is 1430. The highest BCUT2D eigenvalue weighted by molar-refractivity contribution is 7.89. The minimum atomic E-state index is -3.81. The minimum Gasteiger partial charge on any atom is -0.462 e. The average Bonchev–Trinajstić information content (AvgIpc) is 3.31. The van der Waals surface area contributed by atoms with Crippen LogP contribution in [0.25, 0.3) is 0 Å². The normalized spacial score (nSPS) is 17.1. The molecular weight excluding hydrogens is 504 g/mol. The van der Waals surface area contributed by atoms with Crippen LogP contribution < -0.4 is 19.1 Å². The number of hydrogen-bond donors (Lipinski definition) is 1. The number of ether oxygens (including phenoxy) is 2. The third-order valence-electron chi connectivity index (χ3n) is 6.95. The molecule has 1 N–H and O–H groups in total. The van der Waals surface area contributed by atoms with Gasteiger partial charge < -0.3 is 19.3 Å². The number of rotatable bonds is 8. The molecule has 0 radical (unpaired) electrons. The monoisotopic (exact) mass is 538 g/mol. The number of allylic oxidation sites excluding steroid dienone is 1. The van der Waals surface area contributed by atoms with Gasteiger partial charge in [0.1, 0.15) is 11.5 Å². The Hall–Kier alpha value is -3.41. The predicted molar refractivity (Wildman–Crippen MR) is 145 cm³/mol. The van der Waals surface area contributed by atoms with Gasteiger partial charge in [0.25, 0.3) is 0 Å². The zero-order valence-corrected chi connectivity index (χ0v) is 22.9. The van der Waals surface area contributed by atoms with Crippen molar-refractivity contribution in [2.45, 2.75) is 44.2 Å². The second-order valence-electron chi connectivity index (χ2n) is 9.73. The Morgan fingerprint density at radius 3 is 2.66 bits per heavy atom. The summed E-state index contributed by atoms with van der Waals surface area (Å²) in [6.07, 6.45) is 1.36. The number of nitrogens with zero attached hydrogens (tertiary/aromatic N) is 5. The van der Waals surface area contributed by atoms with E-state index in [0.29, 0.717) is 48.5 Å². The SMILES string of the molecule is C=C1CCc2cc(S(=O)(=O)N[C@H](C)c3nnc(Oc4cccc(N5CCN(C)CC5)c4)n3CC)ccc2O1. The Morgan fingerprint density at radius 2 is 1.89 bits per heavy atom. The van der Waals surface area contributed by atoms with E-state index in [9.17, 15) is 8.42 Å². The van der Waals surface area contributed by atoms with Crippen LogP contribution in [0.5, 0.6) is 17.5 Å². The fourth-order valence-electron chi connectivity index (χ4n) is 4.76. The lowest BCUT2D eigenvalue weighted by Crippen LogP contribution is -2.44. The Morgan fingerprint density at radius 1 is 1.11 bits per heavy atom. The predicted octanol–water partition coefficient (Wildman–Crippen LogP) is 3.72. The fourth-order valence-corrected chi connectivity index (χ4v) is 6.01. The number of anilines is 1. The number of sulfonamides is 1. The highest BCUT2D eigenvalue weighted by Gasteiger charge is 2.26. The van der Waals surface area contributed by atoms with Crippen molar-refractivity contribution in [2.75, 3.05) is 38.1 Å². The molecule has 0 aliphatic carbocycles. The van der Waals surface area contributed by atoms with E-state index in [1.807, 2.05) is 25.1 Å². The van der Waals surface area contributed by atoms with Gasteiger partial charge in [0.05, 0.1) is 16.7 Å². The van der Waals surface area contributed by atoms with Crippen LogP contribution in [0.1, 0.15) is 37.7 Å². The van der Waals surface area contributed by atoms with Crippen molar-refractivity contribution in [3.8, 4) is 17.5 Å². The molecule has 1 aromatic heterocycles. The molecule has 2 aromatic carbocycles. The number of benzene rings is 2. The Labute approximate surface area is 223 Å². The molecule has 1 saturated heterocycles. The van der Waals surface area contributed by atoms with E-state index in [4.69, 9.17) is 9.47 Å². The van der Waals surface area contributed by atoms with Crippen LogP contribution in [0.2, 0.25) is 0 Å². The molecule has 202 valence electrons. The molecule has 5 rings (SSSR count). The summed E-state index contributed by atoms with van der Waals surface area (Å²) in [6.45, 7) is 12.0. The Balaban J connectivity index is 1.31. The Kier molecular flexibility index (Phi) is 7.42. The van der Waals surface area contributed by atoms with Gasteiger partial charge in [-0.05, 0) is 63.2 Å². The van der Waals surface area contributed by atoms with Gasteiger partial charge in [-0.2, -0.15) is 0 Å². The molecule has 0 saturated carbocycles. The molecule has 38 heavy (non-hydrogen) atoms. The van der Waals surface area contributed by atoms with Gasteiger partial charge in [-0.25, -0.2) is 13.1 Å². The summed E-state index contributed by atoms with van der Waals surface area (Å²) < 4.78 is 42.7. The largest absolute Gasteiger partial charge is 0.462 e. The number of aromatic nitrogens is 3. The van der Waals surface area contributed by atoms with E-state index in [1.54, 1.807) is 29.7 Å². The third kappa shape index (κ3) is 5.54. The number of hydrogen-bond acceptors (Lipinski definition) is 8. The van der Waals surface area contributed by atoms with Gasteiger partial charge in [-0.3, -0.25) is 4.57 Å². The van der Waals surface area contributed by atoms with E-state index < -0.39 is 16.1 Å². The number of nitrogens with one attached hydrogen (secondary N) is 1. The molecule has 3 heterocycles. The highest BCUT2D eigenvalue weighted by atomic mass is 32.2. The van der Waals surface area contributed by atoms with Crippen molar-refractivity contribution in [3.63, 3.8) is 0 Å². The van der Waals surface area contributed by atoms with E-state index in [0.717, 1.165) is 37.4 Å². The maximum Gasteiger partial charge on any atom is 0.322 e. The van der Waals surface area contributed by atoms with Gasteiger partial charge in [0, 0.05) is 50.9 Å². The van der Waals surface area contributed by atoms with E-state index >= 15 is 0 Å². The number of fused-ring (bicyclic) bond motifs is 1. The van der Waals surface area contributed by atoms with Gasteiger partial charge in [-0.1, -0.05) is 17.7 Å². The number of piperazine rings is 1. The third-order valence-corrected chi connectivity index (χ3v) is 8.48. The summed E-state index contributed by atoms with van der Waals surface area (Å²) in [5.41, 5.74) is 1.94. The van der Waals surface area contributed by atoms with Crippen molar-refractivity contribution in [3.05, 3.63) is 66.2 Å². The van der Waals surface area contributed by atoms with Crippen molar-refractivity contribution < 1.29 is 17.9 Å². The molecule has 0 bridgehead atoms. The van der Waals surface area contributed by atoms with Crippen LogP contribution in [-0.4, -0.2) is 61.3 Å². The fraction of sp³-hybridized carbons (Fsp3) is 0.407. The van der Waals surface area contributed by atoms with Crippen LogP contribution >= 0.6 is 0 Å². The number of likely N-dealkylation sites (N-methyl/N-ethyl adjacent to an activating group) is 1. The lowest BCUT2D eigenvalue weighted by Gasteiger charge is -2.34. The first-order valence-corrected chi connectivity index (χ1v) is 14.4. The standard InChI is InChI=1S/C27H34N6O4S/c1-5-33-26(20(3)30-38(34,35)24-11-12-25-21(17-24)10-9-19(2)36-25)28-29-27(33)37-23-8-6-7-22(18-23)32-15-13-31(4)14-16-32/h6-8,11-12,17-18,20,30H,2,5,9-10,13-16H2,1,3-4H3/t20-/m1/s1. The molecular formula is C27H34N6O4S. The summed E-state index contributed by atoms with van der Waals surface area (Å²) in [7, 11) is -1.68. The zero-order chi connectivity index (χ0) is 26.9. The van der Waals surface area contributed by atoms with Gasteiger partial charge in [-0.15, -0.1) is 5.10 Å². The highest BCUT2D eigenvalue weighted by Crippen LogP contribution is 2.31. The first kappa shape index (κ1) is 26.2. The molecule has 0 spiro atoms. The summed E-state index contributed by atoms with van der Waals surface area (Å²) in [4.78, 5) is 4.83. The second-order valence-corrected chi connectivity index (χ2v) is 11.4. The lowest BCUT2D eigenvalue weighted by atomic mass is 10.1. The topological polar surface area (TPSA) is 102 Å². The molecule has 10 nitrogen and oxygen atoms in total. The molecule has 0 amide bonds. The van der Waals surface area contributed by atoms with Crippen LogP contribution in [-0.2, 0) is 23.0 Å². The van der Waals surface area contributed by atoms with E-state index in [1.165, 1.54) is 0 Å². The van der Waals surface area contributed by atoms with Crippen LogP contribution in [0.3, 0.4) is 0 Å². The van der Waals surface area contributed by atoms with Gasteiger partial charge in [0.2, 0.25) is 10.0 Å². The van der Waals surface area contributed by atoms with Crippen molar-refractivity contribution in [2.24, 2.45) is 0 Å². The van der Waals surface area contributed by atoms with Crippen molar-refractivity contribution in [1.82, 2.24) is 24.4 Å². The van der Waals surface area contributed by atoms with Crippen LogP contribution in [0, 0.1) is 0 Å². The molecule has 0 unspecified atom stereocenters. The van der Waals surface area contributed by atoms with Crippen molar-refractivity contribution >= 4 is 15.7 Å². The summed E-state index contributed by atoms with van der Waals surface area (Å²) in [6, 6.07) is 12.5. The molecule has 11 heteroatoms. The quantitative estimate of drug-likeness (QED) is 0.463. The molecule has 3 aromatic rings. The minimum absolute atomic E-state index is 0.180. The van der Waals surface area contributed by atoms with Gasteiger partial charge >= 0.3 is 6.01 Å². The zero-order valence-electron chi connectivity index (χ0n) is 22.1. The first-order valence-electron chi connectivity index (χ1n) is 12.9. The second kappa shape index (κ2) is 10.8. The summed E-state index contributed by atoms with van der Waals surface area (Å²) >= 11 is 0. The average molecular weight is 539 g/mol. The lowest BCUT2D eigenvalue weighted by molar-refractivity contribution is 0.312. The maximum atomic E-state index is 13.2. The van der Waals surface area contributed by atoms with E-state index in [2.05, 4.69) is 44.4 Å².